The van der Waals surface area contributed by atoms with E-state index in [2.05, 4.69) is 30.9 Å². The van der Waals surface area contributed by atoms with Crippen molar-refractivity contribution < 1.29 is 24.3 Å². The molecule has 13 heteroatoms. The summed E-state index contributed by atoms with van der Waals surface area (Å²) in [6.45, 7) is 1.75. The van der Waals surface area contributed by atoms with Gasteiger partial charge < -0.3 is 42.5 Å². The molecule has 0 aliphatic rings. The smallest absolute Gasteiger partial charge is 0.325 e. The van der Waals surface area contributed by atoms with E-state index in [-0.39, 0.29) is 19.3 Å². The molecule has 13 nitrogen and oxygen atoms in total. The molecule has 4 unspecified atom stereocenters. The summed E-state index contributed by atoms with van der Waals surface area (Å²) in [4.78, 5) is 60.6. The van der Waals surface area contributed by atoms with E-state index in [0.717, 1.165) is 16.5 Å². The number of H-pyrrole nitrogens is 2. The van der Waals surface area contributed by atoms with Crippen LogP contribution in [0.25, 0.3) is 10.9 Å². The van der Waals surface area contributed by atoms with Gasteiger partial charge in [-0.2, -0.15) is 0 Å². The summed E-state index contributed by atoms with van der Waals surface area (Å²) < 4.78 is 0. The number of nitrogens with one attached hydrogen (secondary N) is 5. The number of nitrogens with zero attached hydrogens (tertiary/aromatic N) is 1. The Labute approximate surface area is 225 Å². The van der Waals surface area contributed by atoms with Gasteiger partial charge in [-0.25, -0.2) is 4.98 Å². The molecule has 0 bridgehead atoms. The Bertz CT molecular complexity index is 1260. The minimum atomic E-state index is -1.21. The first-order valence-corrected chi connectivity index (χ1v) is 12.8. The Hall–Kier alpha value is -4.23. The Morgan fingerprint density at radius 2 is 1.69 bits per heavy atom. The van der Waals surface area contributed by atoms with E-state index in [4.69, 9.17) is 11.5 Å². The standard InChI is InChI=1S/C26H36N8O5/c1-15(26(38)39)32-25(37)22(10-16-12-30-20-7-3-2-6-18(16)20)34-24(36)21(8-4-5-9-27)33-23(35)19(28)11-17-13-29-14-31-17/h2-3,6-7,12-15,19,21-22,30H,4-5,8-11,27-28H2,1H3,(H,29,31)(H,32,37)(H,33,35)(H,34,36)(H,38,39). The zero-order chi connectivity index (χ0) is 28.4. The third kappa shape index (κ3) is 8.38. The highest BCUT2D eigenvalue weighted by atomic mass is 16.4. The number of carbonyl (C=O) groups is 4. The number of aromatic nitrogens is 3. The maximum absolute atomic E-state index is 13.4. The topological polar surface area (TPSA) is 221 Å². The number of carbonyl (C=O) groups excluding carboxylic acids is 3. The van der Waals surface area contributed by atoms with E-state index in [1.807, 2.05) is 24.3 Å². The molecule has 0 saturated carbocycles. The monoisotopic (exact) mass is 540 g/mol. The quantitative estimate of drug-likeness (QED) is 0.119. The number of unbranched alkanes of at least 4 members (excludes halogenated alkanes) is 1. The molecular weight excluding hydrogens is 504 g/mol. The van der Waals surface area contributed by atoms with Crippen molar-refractivity contribution in [3.05, 3.63) is 54.2 Å². The summed E-state index contributed by atoms with van der Waals surface area (Å²) in [5, 5.41) is 18.0. The highest BCUT2D eigenvalue weighted by Crippen LogP contribution is 2.19. The predicted octanol–water partition coefficient (Wildman–Crippen LogP) is -0.309. The maximum atomic E-state index is 13.4. The van der Waals surface area contributed by atoms with Crippen LogP contribution < -0.4 is 27.4 Å². The SMILES string of the molecule is CC(NC(=O)C(Cc1c[nH]c2ccccc12)NC(=O)C(CCCCN)NC(=O)C(N)Cc1cnc[nH]1)C(=O)O. The fourth-order valence-corrected chi connectivity index (χ4v) is 4.14. The molecule has 0 aliphatic carbocycles. The molecule has 3 amide bonds. The molecule has 4 atom stereocenters. The molecule has 3 aromatic rings. The van der Waals surface area contributed by atoms with Gasteiger partial charge in [-0.05, 0) is 44.4 Å². The number of benzene rings is 1. The molecule has 0 spiro atoms. The van der Waals surface area contributed by atoms with Gasteiger partial charge >= 0.3 is 5.97 Å². The van der Waals surface area contributed by atoms with Gasteiger partial charge in [0.25, 0.3) is 0 Å². The molecule has 0 fully saturated rings. The first-order valence-electron chi connectivity index (χ1n) is 12.8. The molecule has 0 aliphatic heterocycles. The number of aromatic amines is 2. The van der Waals surface area contributed by atoms with E-state index < -0.39 is 47.9 Å². The largest absolute Gasteiger partial charge is 0.480 e. The zero-order valence-electron chi connectivity index (χ0n) is 21.8. The number of fused-ring (bicyclic) bond motifs is 1. The summed E-state index contributed by atoms with van der Waals surface area (Å²) in [6, 6.07) is 3.31. The molecule has 39 heavy (non-hydrogen) atoms. The molecule has 210 valence electrons. The highest BCUT2D eigenvalue weighted by Gasteiger charge is 2.30. The van der Waals surface area contributed by atoms with Crippen molar-refractivity contribution in [2.24, 2.45) is 11.5 Å². The van der Waals surface area contributed by atoms with Crippen molar-refractivity contribution >= 4 is 34.6 Å². The lowest BCUT2D eigenvalue weighted by molar-refractivity contribution is -0.141. The Balaban J connectivity index is 1.78. The first kappa shape index (κ1) is 29.3. The van der Waals surface area contributed by atoms with Crippen LogP contribution in [0.5, 0.6) is 0 Å². The lowest BCUT2D eigenvalue weighted by Crippen LogP contribution is -2.57. The third-order valence-electron chi connectivity index (χ3n) is 6.37. The fourth-order valence-electron chi connectivity index (χ4n) is 4.14. The van der Waals surface area contributed by atoms with Crippen LogP contribution in [0.2, 0.25) is 0 Å². The van der Waals surface area contributed by atoms with Gasteiger partial charge in [-0.15, -0.1) is 0 Å². The van der Waals surface area contributed by atoms with E-state index in [1.165, 1.54) is 13.3 Å². The second-order valence-corrected chi connectivity index (χ2v) is 9.43. The van der Waals surface area contributed by atoms with Gasteiger partial charge in [0.1, 0.15) is 18.1 Å². The number of carboxylic acids is 1. The van der Waals surface area contributed by atoms with Crippen molar-refractivity contribution in [2.75, 3.05) is 6.54 Å². The van der Waals surface area contributed by atoms with Crippen molar-refractivity contribution in [3.8, 4) is 0 Å². The number of carboxylic acid groups (broad SMARTS) is 1. The average Bonchev–Trinajstić information content (AvgIpc) is 3.57. The van der Waals surface area contributed by atoms with Crippen LogP contribution in [0, 0.1) is 0 Å². The van der Waals surface area contributed by atoms with Gasteiger partial charge in [0, 0.05) is 41.8 Å². The fraction of sp³-hybridized carbons (Fsp3) is 0.423. The first-order chi connectivity index (χ1) is 18.7. The Morgan fingerprint density at radius 1 is 0.974 bits per heavy atom. The Morgan fingerprint density at radius 3 is 2.38 bits per heavy atom. The van der Waals surface area contributed by atoms with Crippen LogP contribution in [0.4, 0.5) is 0 Å². The van der Waals surface area contributed by atoms with Crippen LogP contribution in [0.1, 0.15) is 37.4 Å². The van der Waals surface area contributed by atoms with Crippen LogP contribution in [0.15, 0.2) is 43.0 Å². The third-order valence-corrected chi connectivity index (χ3v) is 6.37. The van der Waals surface area contributed by atoms with Crippen molar-refractivity contribution in [1.82, 2.24) is 30.9 Å². The average molecular weight is 541 g/mol. The van der Waals surface area contributed by atoms with Crippen molar-refractivity contribution in [2.45, 2.75) is 63.2 Å². The minimum Gasteiger partial charge on any atom is -0.480 e. The van der Waals surface area contributed by atoms with Crippen LogP contribution in [0.3, 0.4) is 0 Å². The lowest BCUT2D eigenvalue weighted by atomic mass is 10.0. The molecule has 10 N–H and O–H groups in total. The summed E-state index contributed by atoms with van der Waals surface area (Å²) in [5.74, 6) is -2.99. The molecular formula is C26H36N8O5. The summed E-state index contributed by atoms with van der Waals surface area (Å²) in [6.07, 6.45) is 6.54. The molecule has 0 saturated heterocycles. The maximum Gasteiger partial charge on any atom is 0.325 e. The van der Waals surface area contributed by atoms with Gasteiger partial charge in [0.2, 0.25) is 17.7 Å². The number of hydrogen-bond donors (Lipinski definition) is 8. The van der Waals surface area contributed by atoms with E-state index in [0.29, 0.717) is 25.1 Å². The van der Waals surface area contributed by atoms with E-state index in [9.17, 15) is 24.3 Å². The van der Waals surface area contributed by atoms with Crippen LogP contribution in [-0.2, 0) is 32.0 Å². The Kier molecular flexibility index (Phi) is 10.6. The number of imidazole rings is 1. The molecule has 0 radical (unpaired) electrons. The number of nitrogens with two attached hydrogens (primary N) is 2. The molecule has 2 heterocycles. The number of para-hydroxylation sites is 1. The van der Waals surface area contributed by atoms with Crippen molar-refractivity contribution in [1.29, 1.82) is 0 Å². The van der Waals surface area contributed by atoms with E-state index in [1.54, 1.807) is 12.4 Å². The van der Waals surface area contributed by atoms with Gasteiger partial charge in [-0.3, -0.25) is 19.2 Å². The number of amides is 3. The zero-order valence-corrected chi connectivity index (χ0v) is 21.8. The molecule has 2 aromatic heterocycles. The predicted molar refractivity (Wildman–Crippen MR) is 144 cm³/mol. The second kappa shape index (κ2) is 14.1. The number of aliphatic carboxylic acids is 1. The minimum absolute atomic E-state index is 0.0940. The van der Waals surface area contributed by atoms with Crippen LogP contribution >= 0.6 is 0 Å². The lowest BCUT2D eigenvalue weighted by Gasteiger charge is -2.25. The van der Waals surface area contributed by atoms with Gasteiger partial charge in [-0.1, -0.05) is 18.2 Å². The van der Waals surface area contributed by atoms with E-state index >= 15 is 0 Å². The van der Waals surface area contributed by atoms with Gasteiger partial charge in [0.15, 0.2) is 0 Å². The van der Waals surface area contributed by atoms with Gasteiger partial charge in [0.05, 0.1) is 12.4 Å². The normalized spacial score (nSPS) is 14.2. The molecule has 3 rings (SSSR count). The highest BCUT2D eigenvalue weighted by molar-refractivity contribution is 5.94. The van der Waals surface area contributed by atoms with Crippen LogP contribution in [-0.4, -0.2) is 74.5 Å². The summed E-state index contributed by atoms with van der Waals surface area (Å²) in [5.41, 5.74) is 14.0. The summed E-state index contributed by atoms with van der Waals surface area (Å²) in [7, 11) is 0. The number of rotatable bonds is 15. The molecule has 1 aromatic carbocycles. The summed E-state index contributed by atoms with van der Waals surface area (Å²) >= 11 is 0. The van der Waals surface area contributed by atoms with Crippen molar-refractivity contribution in [3.63, 3.8) is 0 Å². The second-order valence-electron chi connectivity index (χ2n) is 9.43. The number of hydrogen-bond acceptors (Lipinski definition) is 7.